The predicted molar refractivity (Wildman–Crippen MR) is 99.3 cm³/mol. The Morgan fingerprint density at radius 1 is 1.11 bits per heavy atom. The number of carbonyl (C=O) groups is 1. The molecule has 138 valence electrons. The molecular formula is C20H17F2N3O2. The third-order valence-electron chi connectivity index (χ3n) is 3.99. The second-order valence-corrected chi connectivity index (χ2v) is 5.92. The monoisotopic (exact) mass is 369 g/mol. The van der Waals surface area contributed by atoms with Crippen molar-refractivity contribution < 1.29 is 13.6 Å². The largest absolute Gasteiger partial charge is 0.350 e. The molecule has 3 rings (SSSR count). The van der Waals surface area contributed by atoms with Crippen molar-refractivity contribution in [3.8, 4) is 11.3 Å². The maximum Gasteiger partial charge on any atom is 0.291 e. The number of aromatic nitrogens is 2. The van der Waals surface area contributed by atoms with E-state index in [1.165, 1.54) is 11.6 Å². The average Bonchev–Trinajstić information content (AvgIpc) is 2.62. The lowest BCUT2D eigenvalue weighted by atomic mass is 10.0. The van der Waals surface area contributed by atoms with Crippen molar-refractivity contribution in [2.45, 2.75) is 20.4 Å². The topological polar surface area (TPSA) is 64.0 Å². The van der Waals surface area contributed by atoms with Gasteiger partial charge >= 0.3 is 0 Å². The third-order valence-corrected chi connectivity index (χ3v) is 3.99. The zero-order chi connectivity index (χ0) is 19.6. The predicted octanol–water partition coefficient (Wildman–Crippen LogP) is 4.15. The molecule has 3 aromatic rings. The summed E-state index contributed by atoms with van der Waals surface area (Å²) in [6, 6.07) is 11.8. The molecule has 2 aromatic carbocycles. The first kappa shape index (κ1) is 18.4. The van der Waals surface area contributed by atoms with Crippen LogP contribution in [0.3, 0.4) is 0 Å². The molecule has 0 unspecified atom stereocenters. The van der Waals surface area contributed by atoms with E-state index in [-0.39, 0.29) is 29.3 Å². The number of nitrogens with one attached hydrogen (secondary N) is 1. The molecule has 0 amide bonds. The van der Waals surface area contributed by atoms with E-state index < -0.39 is 17.2 Å². The average molecular weight is 369 g/mol. The number of carbonyl (C=O) groups excluding carboxylic acids is 1. The molecule has 0 radical (unpaired) electrons. The van der Waals surface area contributed by atoms with Gasteiger partial charge in [-0.1, -0.05) is 30.3 Å². The van der Waals surface area contributed by atoms with Gasteiger partial charge in [-0.25, -0.2) is 13.5 Å². The molecule has 27 heavy (non-hydrogen) atoms. The highest BCUT2D eigenvalue weighted by atomic mass is 19.1. The Hall–Kier alpha value is -3.35. The zero-order valence-electron chi connectivity index (χ0n) is 14.8. The second-order valence-electron chi connectivity index (χ2n) is 5.92. The molecule has 0 saturated carbocycles. The van der Waals surface area contributed by atoms with E-state index >= 15 is 0 Å². The van der Waals surface area contributed by atoms with Gasteiger partial charge in [0.25, 0.3) is 5.56 Å². The summed E-state index contributed by atoms with van der Waals surface area (Å²) < 4.78 is 28.3. The van der Waals surface area contributed by atoms with Crippen LogP contribution in [-0.4, -0.2) is 15.6 Å². The van der Waals surface area contributed by atoms with Gasteiger partial charge in [-0.15, -0.1) is 0 Å². The summed E-state index contributed by atoms with van der Waals surface area (Å²) in [6.45, 7) is 3.32. The molecule has 0 saturated heterocycles. The minimum absolute atomic E-state index is 0.0277. The summed E-state index contributed by atoms with van der Waals surface area (Å²) in [4.78, 5) is 25.1. The summed E-state index contributed by atoms with van der Waals surface area (Å²) in [6.07, 6.45) is 0. The number of benzene rings is 2. The van der Waals surface area contributed by atoms with Gasteiger partial charge in [0.05, 0.1) is 5.56 Å². The maximum atomic E-state index is 13.5. The fourth-order valence-corrected chi connectivity index (χ4v) is 2.81. The Labute approximate surface area is 154 Å². The second kappa shape index (κ2) is 7.49. The smallest absolute Gasteiger partial charge is 0.291 e. The number of ketones is 1. The minimum Gasteiger partial charge on any atom is -0.350 e. The molecule has 0 aliphatic heterocycles. The van der Waals surface area contributed by atoms with Crippen LogP contribution in [0.25, 0.3) is 11.3 Å². The van der Waals surface area contributed by atoms with E-state index in [2.05, 4.69) is 10.4 Å². The van der Waals surface area contributed by atoms with Crippen LogP contribution >= 0.6 is 0 Å². The summed E-state index contributed by atoms with van der Waals surface area (Å²) in [5.41, 5.74) is 0.457. The van der Waals surface area contributed by atoms with Crippen LogP contribution in [0.2, 0.25) is 0 Å². The first-order valence-electron chi connectivity index (χ1n) is 8.35. The number of rotatable bonds is 5. The molecule has 0 bridgehead atoms. The van der Waals surface area contributed by atoms with Gasteiger partial charge in [-0.3, -0.25) is 9.59 Å². The van der Waals surface area contributed by atoms with Gasteiger partial charge in [0.15, 0.2) is 5.78 Å². The first-order valence-corrected chi connectivity index (χ1v) is 8.35. The molecule has 0 fully saturated rings. The molecule has 1 N–H and O–H groups in total. The number of aryl methyl sites for hydroxylation is 1. The minimum atomic E-state index is -0.796. The maximum absolute atomic E-state index is 13.5. The molecule has 5 nitrogen and oxygen atoms in total. The van der Waals surface area contributed by atoms with Gasteiger partial charge in [0.1, 0.15) is 23.0 Å². The number of nitrogens with zero attached hydrogens (tertiary/aromatic N) is 2. The number of hydrogen-bond donors (Lipinski definition) is 1. The van der Waals surface area contributed by atoms with Crippen LogP contribution in [0.5, 0.6) is 0 Å². The Morgan fingerprint density at radius 3 is 2.30 bits per heavy atom. The molecule has 0 aliphatic carbocycles. The lowest BCUT2D eigenvalue weighted by molar-refractivity contribution is 0.101. The van der Waals surface area contributed by atoms with E-state index in [9.17, 15) is 18.4 Å². The third kappa shape index (κ3) is 3.76. The Balaban J connectivity index is 2.28. The lowest BCUT2D eigenvalue weighted by Crippen LogP contribution is -2.28. The van der Waals surface area contributed by atoms with Gasteiger partial charge < -0.3 is 5.32 Å². The van der Waals surface area contributed by atoms with Gasteiger partial charge in [0.2, 0.25) is 0 Å². The number of anilines is 2. The zero-order valence-corrected chi connectivity index (χ0v) is 14.8. The summed E-state index contributed by atoms with van der Waals surface area (Å²) in [7, 11) is 0. The van der Waals surface area contributed by atoms with Gasteiger partial charge in [-0.2, -0.15) is 5.10 Å². The number of Topliss-reactive ketones (excluding diaryl/α,β-unsaturated/α-hetero) is 1. The van der Waals surface area contributed by atoms with Crippen LogP contribution in [0, 0.1) is 11.6 Å². The standard InChI is InChI=1S/C20H17F2N3O2/c1-3-25-20(27)19(23-16-10-14(21)9-15(22)11-16)17(12(2)26)18(24-25)13-7-5-4-6-8-13/h4-11,23H,3H2,1-2H3. The Bertz CT molecular complexity index is 1040. The molecule has 7 heteroatoms. The summed E-state index contributed by atoms with van der Waals surface area (Å²) >= 11 is 0. The van der Waals surface area contributed by atoms with Crippen LogP contribution in [0.15, 0.2) is 53.3 Å². The molecule has 0 spiro atoms. The summed E-state index contributed by atoms with van der Waals surface area (Å²) in [5, 5.41) is 7.03. The van der Waals surface area contributed by atoms with Crippen molar-refractivity contribution in [2.75, 3.05) is 5.32 Å². The molecule has 1 heterocycles. The molecule has 1 aromatic heterocycles. The number of hydrogen-bond acceptors (Lipinski definition) is 4. The normalized spacial score (nSPS) is 10.7. The van der Waals surface area contributed by atoms with Crippen LogP contribution in [0.1, 0.15) is 24.2 Å². The van der Waals surface area contributed by atoms with E-state index in [4.69, 9.17) is 0 Å². The molecule has 0 atom stereocenters. The van der Waals surface area contributed by atoms with Crippen LogP contribution in [-0.2, 0) is 6.54 Å². The fourth-order valence-electron chi connectivity index (χ4n) is 2.81. The fraction of sp³-hybridized carbons (Fsp3) is 0.150. The van der Waals surface area contributed by atoms with Crippen molar-refractivity contribution in [3.05, 3.63) is 76.1 Å². The van der Waals surface area contributed by atoms with E-state index in [0.717, 1.165) is 18.2 Å². The SMILES string of the molecule is CCn1nc(-c2ccccc2)c(C(C)=O)c(Nc2cc(F)cc(F)c2)c1=O. The van der Waals surface area contributed by atoms with E-state index in [0.29, 0.717) is 11.3 Å². The highest BCUT2D eigenvalue weighted by Gasteiger charge is 2.22. The van der Waals surface area contributed by atoms with Crippen molar-refractivity contribution in [1.29, 1.82) is 0 Å². The highest BCUT2D eigenvalue weighted by Crippen LogP contribution is 2.28. The lowest BCUT2D eigenvalue weighted by Gasteiger charge is -2.16. The van der Waals surface area contributed by atoms with Gasteiger partial charge in [-0.05, 0) is 26.0 Å². The van der Waals surface area contributed by atoms with Crippen LogP contribution in [0.4, 0.5) is 20.2 Å². The summed E-state index contributed by atoms with van der Waals surface area (Å²) in [5.74, 6) is -1.98. The van der Waals surface area contributed by atoms with Gasteiger partial charge in [0, 0.05) is 23.9 Å². The Kier molecular flexibility index (Phi) is 5.12. The number of halogens is 2. The van der Waals surface area contributed by atoms with Crippen molar-refractivity contribution in [2.24, 2.45) is 0 Å². The van der Waals surface area contributed by atoms with Crippen molar-refractivity contribution >= 4 is 17.2 Å². The Morgan fingerprint density at radius 2 is 1.74 bits per heavy atom. The van der Waals surface area contributed by atoms with E-state index in [1.807, 2.05) is 6.07 Å². The van der Waals surface area contributed by atoms with E-state index in [1.54, 1.807) is 31.2 Å². The first-order chi connectivity index (χ1) is 12.9. The van der Waals surface area contributed by atoms with Crippen molar-refractivity contribution in [1.82, 2.24) is 9.78 Å². The van der Waals surface area contributed by atoms with Crippen molar-refractivity contribution in [3.63, 3.8) is 0 Å². The highest BCUT2D eigenvalue weighted by molar-refractivity contribution is 6.05. The molecular weight excluding hydrogens is 352 g/mol. The quantitative estimate of drug-likeness (QED) is 0.686. The molecule has 0 aliphatic rings. The van der Waals surface area contributed by atoms with Crippen LogP contribution < -0.4 is 10.9 Å².